The van der Waals surface area contributed by atoms with Crippen LogP contribution in [0.3, 0.4) is 0 Å². The fraction of sp³-hybridized carbons (Fsp3) is 0.308. The van der Waals surface area contributed by atoms with Gasteiger partial charge in [0.2, 0.25) is 0 Å². The molecule has 0 saturated heterocycles. The number of benzene rings is 1. The Morgan fingerprint density at radius 1 is 1.59 bits per heavy atom. The summed E-state index contributed by atoms with van der Waals surface area (Å²) in [7, 11) is 0.371. The van der Waals surface area contributed by atoms with Crippen LogP contribution in [0.1, 0.15) is 5.82 Å². The average molecular weight is 415 g/mol. The zero-order valence-electron chi connectivity index (χ0n) is 12.1. The average Bonchev–Trinajstić information content (AvgIpc) is 2.46. The summed E-state index contributed by atoms with van der Waals surface area (Å²) in [4.78, 5) is 30.9. The largest absolute Gasteiger partial charge is 0.468 e. The molecule has 0 aliphatic rings. The molecule has 0 spiro atoms. The van der Waals surface area contributed by atoms with E-state index in [0.29, 0.717) is 16.7 Å². The molecule has 0 amide bonds. The number of carbonyl (C=O) groups excluding carboxylic acids is 1. The number of hydrogen-bond acceptors (Lipinski definition) is 6. The first kappa shape index (κ1) is 16.9. The highest BCUT2D eigenvalue weighted by Gasteiger charge is 2.23. The van der Waals surface area contributed by atoms with E-state index in [-0.39, 0.29) is 12.0 Å². The van der Waals surface area contributed by atoms with Crippen molar-refractivity contribution in [2.75, 3.05) is 7.11 Å². The lowest BCUT2D eigenvalue weighted by molar-refractivity contribution is -0.142. The first-order valence-corrected chi connectivity index (χ1v) is 7.69. The van der Waals surface area contributed by atoms with Crippen molar-refractivity contribution in [1.82, 2.24) is 15.2 Å². The third-order valence-corrected chi connectivity index (χ3v) is 3.71. The molecule has 116 valence electrons. The van der Waals surface area contributed by atoms with Gasteiger partial charge in [0.05, 0.1) is 18.0 Å². The summed E-state index contributed by atoms with van der Waals surface area (Å²) in [6.45, 7) is 1.49. The Morgan fingerprint density at radius 3 is 2.95 bits per heavy atom. The maximum absolute atomic E-state index is 12.1. The SMILES string of the molecule is COC(=O)[C@H](Cc1nc2ccc(I)cc2c(=O)[nH]1)NB(C)O. The molecule has 7 nitrogen and oxygen atoms in total. The molecule has 0 saturated carbocycles. The van der Waals surface area contributed by atoms with Crippen LogP contribution >= 0.6 is 22.6 Å². The second kappa shape index (κ2) is 7.20. The maximum Gasteiger partial charge on any atom is 0.374 e. The number of hydrogen-bond donors (Lipinski definition) is 3. The highest BCUT2D eigenvalue weighted by molar-refractivity contribution is 14.1. The van der Waals surface area contributed by atoms with Crippen LogP contribution in [-0.4, -0.2) is 41.2 Å². The number of H-pyrrole nitrogens is 1. The Balaban J connectivity index is 2.35. The van der Waals surface area contributed by atoms with Crippen LogP contribution in [-0.2, 0) is 16.0 Å². The lowest BCUT2D eigenvalue weighted by Gasteiger charge is -2.16. The quantitative estimate of drug-likeness (QED) is 0.369. The summed E-state index contributed by atoms with van der Waals surface area (Å²) in [5.74, 6) is -0.187. The van der Waals surface area contributed by atoms with E-state index in [9.17, 15) is 14.6 Å². The van der Waals surface area contributed by atoms with Crippen molar-refractivity contribution in [3.63, 3.8) is 0 Å². The number of nitrogens with zero attached hydrogens (tertiary/aromatic N) is 1. The summed E-state index contributed by atoms with van der Waals surface area (Å²) in [6, 6.07) is 4.56. The standard InChI is InChI=1S/C13H15BIN3O4/c1-14(21)18-10(13(20)22-2)6-11-16-9-4-3-7(15)5-8(9)12(19)17-11/h3-5,10,18,21H,6H2,1-2H3,(H,16,17,19)/t10-/m0/s1. The van der Waals surface area contributed by atoms with E-state index in [4.69, 9.17) is 0 Å². The molecule has 3 N–H and O–H groups in total. The van der Waals surface area contributed by atoms with E-state index < -0.39 is 19.1 Å². The number of ether oxygens (including phenoxy) is 1. The van der Waals surface area contributed by atoms with E-state index in [1.165, 1.54) is 13.9 Å². The molecule has 22 heavy (non-hydrogen) atoms. The molecule has 2 rings (SSSR count). The third kappa shape index (κ3) is 4.05. The number of halogens is 1. The van der Waals surface area contributed by atoms with Crippen molar-refractivity contribution in [3.05, 3.63) is 37.9 Å². The number of carbonyl (C=O) groups is 1. The van der Waals surface area contributed by atoms with Crippen molar-refractivity contribution >= 4 is 46.5 Å². The lowest BCUT2D eigenvalue weighted by Crippen LogP contribution is -2.47. The van der Waals surface area contributed by atoms with Gasteiger partial charge in [-0.15, -0.1) is 0 Å². The number of aromatic amines is 1. The second-order valence-corrected chi connectivity index (χ2v) is 6.04. The normalized spacial score (nSPS) is 12.2. The van der Waals surface area contributed by atoms with Crippen molar-refractivity contribution in [2.45, 2.75) is 19.3 Å². The molecule has 0 aliphatic heterocycles. The van der Waals surface area contributed by atoms with Gasteiger partial charge in [-0.25, -0.2) is 4.98 Å². The summed E-state index contributed by atoms with van der Waals surface area (Å²) in [5, 5.41) is 12.6. The molecular formula is C13H15BIN3O4. The lowest BCUT2D eigenvalue weighted by atomic mass is 9.86. The van der Waals surface area contributed by atoms with Crippen molar-refractivity contribution in [3.8, 4) is 0 Å². The summed E-state index contributed by atoms with van der Waals surface area (Å²) < 4.78 is 5.62. The molecule has 1 heterocycles. The first-order chi connectivity index (χ1) is 10.4. The highest BCUT2D eigenvalue weighted by Crippen LogP contribution is 2.12. The molecule has 0 aliphatic carbocycles. The van der Waals surface area contributed by atoms with E-state index in [1.54, 1.807) is 12.1 Å². The van der Waals surface area contributed by atoms with Crippen LogP contribution in [0.2, 0.25) is 6.82 Å². The van der Waals surface area contributed by atoms with Crippen LogP contribution in [0.15, 0.2) is 23.0 Å². The van der Waals surface area contributed by atoms with E-state index in [2.05, 4.69) is 42.5 Å². The number of nitrogens with one attached hydrogen (secondary N) is 2. The van der Waals surface area contributed by atoms with Crippen molar-refractivity contribution in [2.24, 2.45) is 0 Å². The van der Waals surface area contributed by atoms with Gasteiger partial charge in [0.15, 0.2) is 0 Å². The highest BCUT2D eigenvalue weighted by atomic mass is 127. The van der Waals surface area contributed by atoms with Gasteiger partial charge in [-0.3, -0.25) is 9.59 Å². The summed E-state index contributed by atoms with van der Waals surface area (Å²) in [5.41, 5.74) is 0.291. The first-order valence-electron chi connectivity index (χ1n) is 6.61. The molecule has 2 aromatic rings. The molecule has 9 heteroatoms. The van der Waals surface area contributed by atoms with E-state index >= 15 is 0 Å². The maximum atomic E-state index is 12.1. The molecule has 1 atom stereocenters. The van der Waals surface area contributed by atoms with E-state index in [0.717, 1.165) is 3.57 Å². The molecule has 1 aromatic carbocycles. The fourth-order valence-corrected chi connectivity index (χ4v) is 2.58. The zero-order chi connectivity index (χ0) is 16.3. The molecule has 0 unspecified atom stereocenters. The minimum absolute atomic E-state index is 0.106. The Labute approximate surface area is 140 Å². The minimum atomic E-state index is -0.891. The van der Waals surface area contributed by atoms with Crippen LogP contribution in [0.5, 0.6) is 0 Å². The molecule has 0 fully saturated rings. The molecular weight excluding hydrogens is 400 g/mol. The minimum Gasteiger partial charge on any atom is -0.468 e. The monoisotopic (exact) mass is 415 g/mol. The van der Waals surface area contributed by atoms with Crippen molar-refractivity contribution < 1.29 is 14.6 Å². The summed E-state index contributed by atoms with van der Waals surface area (Å²) >= 11 is 2.12. The van der Waals surface area contributed by atoms with Gasteiger partial charge < -0.3 is 20.0 Å². The Bertz CT molecular complexity index is 750. The summed E-state index contributed by atoms with van der Waals surface area (Å²) in [6.07, 6.45) is 0.106. The van der Waals surface area contributed by atoms with Gasteiger partial charge in [-0.2, -0.15) is 0 Å². The number of esters is 1. The van der Waals surface area contributed by atoms with Crippen LogP contribution in [0.4, 0.5) is 0 Å². The predicted molar refractivity (Wildman–Crippen MR) is 91.6 cm³/mol. The van der Waals surface area contributed by atoms with Crippen LogP contribution < -0.4 is 10.8 Å². The number of fused-ring (bicyclic) bond motifs is 1. The fourth-order valence-electron chi connectivity index (χ4n) is 2.09. The van der Waals surface area contributed by atoms with Crippen LogP contribution in [0.25, 0.3) is 10.9 Å². The molecule has 0 bridgehead atoms. The third-order valence-electron chi connectivity index (χ3n) is 3.04. The molecule has 0 radical (unpaired) electrons. The van der Waals surface area contributed by atoms with Gasteiger partial charge in [0.1, 0.15) is 11.9 Å². The smallest absolute Gasteiger partial charge is 0.374 e. The zero-order valence-corrected chi connectivity index (χ0v) is 14.2. The van der Waals surface area contributed by atoms with E-state index in [1.807, 2.05) is 6.07 Å². The Hall–Kier alpha value is -1.46. The predicted octanol–water partition coefficient (Wildman–Crippen LogP) is 0.312. The Morgan fingerprint density at radius 2 is 2.32 bits per heavy atom. The van der Waals surface area contributed by atoms with Gasteiger partial charge in [-0.1, -0.05) is 0 Å². The number of methoxy groups -OCH3 is 1. The van der Waals surface area contributed by atoms with Gasteiger partial charge in [0.25, 0.3) is 5.56 Å². The topological polar surface area (TPSA) is 104 Å². The van der Waals surface area contributed by atoms with Crippen molar-refractivity contribution in [1.29, 1.82) is 0 Å². The number of aromatic nitrogens is 2. The van der Waals surface area contributed by atoms with Gasteiger partial charge >= 0.3 is 13.0 Å². The number of rotatable bonds is 5. The van der Waals surface area contributed by atoms with Gasteiger partial charge in [0, 0.05) is 9.99 Å². The van der Waals surface area contributed by atoms with Gasteiger partial charge in [-0.05, 0) is 47.6 Å². The van der Waals surface area contributed by atoms with Crippen LogP contribution in [0, 0.1) is 3.57 Å². The second-order valence-electron chi connectivity index (χ2n) is 4.80. The Kier molecular flexibility index (Phi) is 5.54. The molecule has 1 aromatic heterocycles.